The molecule has 2 heterocycles. The summed E-state index contributed by atoms with van der Waals surface area (Å²) in [6.45, 7) is 3.66. The number of piperazine rings is 1. The van der Waals surface area contributed by atoms with Crippen LogP contribution in [0.1, 0.15) is 17.4 Å². The monoisotopic (exact) mass is 370 g/mol. The Balaban J connectivity index is 1.50. The van der Waals surface area contributed by atoms with Gasteiger partial charge in [-0.3, -0.25) is 9.59 Å². The number of benzene rings is 1. The molecule has 1 aliphatic rings. The number of carbonyl (C=O) groups is 3. The molecule has 1 N–H and O–H groups in total. The molecule has 0 aliphatic carbocycles. The number of ether oxygens (including phenoxy) is 1. The summed E-state index contributed by atoms with van der Waals surface area (Å²) < 4.78 is 4.96. The third kappa shape index (κ3) is 4.52. The number of carbonyl (C=O) groups excluding carboxylic acids is 3. The van der Waals surface area contributed by atoms with Crippen molar-refractivity contribution in [1.82, 2.24) is 20.1 Å². The zero-order chi connectivity index (χ0) is 19.2. The van der Waals surface area contributed by atoms with E-state index in [9.17, 15) is 14.4 Å². The van der Waals surface area contributed by atoms with Gasteiger partial charge in [0.1, 0.15) is 5.69 Å². The van der Waals surface area contributed by atoms with Crippen LogP contribution >= 0.6 is 0 Å². The lowest BCUT2D eigenvalue weighted by atomic mass is 10.2. The van der Waals surface area contributed by atoms with Gasteiger partial charge in [0.2, 0.25) is 5.91 Å². The van der Waals surface area contributed by atoms with Crippen molar-refractivity contribution >= 4 is 28.8 Å². The molecule has 0 bridgehead atoms. The number of amides is 3. The highest BCUT2D eigenvalue weighted by atomic mass is 16.6. The van der Waals surface area contributed by atoms with Crippen LogP contribution < -0.4 is 5.32 Å². The molecule has 8 nitrogen and oxygen atoms in total. The SMILES string of the molecule is CCOC(=O)N1CCN(C(=O)CNC(=O)c2ccc3ccccc3n2)CC1. The van der Waals surface area contributed by atoms with Crippen molar-refractivity contribution in [3.8, 4) is 0 Å². The van der Waals surface area contributed by atoms with Gasteiger partial charge in [0.15, 0.2) is 0 Å². The second-order valence-corrected chi connectivity index (χ2v) is 6.14. The standard InChI is InChI=1S/C19H22N4O4/c1-2-27-19(26)23-11-9-22(10-12-23)17(24)13-20-18(25)16-8-7-14-5-3-4-6-15(14)21-16/h3-8H,2,9-13H2,1H3,(H,20,25). The molecule has 1 fully saturated rings. The smallest absolute Gasteiger partial charge is 0.409 e. The lowest BCUT2D eigenvalue weighted by Gasteiger charge is -2.34. The van der Waals surface area contributed by atoms with Crippen LogP contribution in [0.2, 0.25) is 0 Å². The zero-order valence-corrected chi connectivity index (χ0v) is 15.2. The van der Waals surface area contributed by atoms with Gasteiger partial charge in [-0.05, 0) is 19.1 Å². The van der Waals surface area contributed by atoms with Crippen molar-refractivity contribution < 1.29 is 19.1 Å². The maximum absolute atomic E-state index is 12.3. The number of para-hydroxylation sites is 1. The molecule has 0 atom stereocenters. The van der Waals surface area contributed by atoms with E-state index in [-0.39, 0.29) is 30.1 Å². The first-order valence-corrected chi connectivity index (χ1v) is 8.92. The van der Waals surface area contributed by atoms with E-state index >= 15 is 0 Å². The molecule has 3 amide bonds. The number of hydrogen-bond donors (Lipinski definition) is 1. The minimum Gasteiger partial charge on any atom is -0.450 e. The van der Waals surface area contributed by atoms with Crippen molar-refractivity contribution in [2.45, 2.75) is 6.92 Å². The summed E-state index contributed by atoms with van der Waals surface area (Å²) in [5, 5.41) is 3.57. The molecule has 1 aliphatic heterocycles. The van der Waals surface area contributed by atoms with Gasteiger partial charge in [0, 0.05) is 31.6 Å². The second kappa shape index (κ2) is 8.48. The minimum atomic E-state index is -0.390. The average Bonchev–Trinajstić information content (AvgIpc) is 2.71. The van der Waals surface area contributed by atoms with Crippen LogP contribution in [0.3, 0.4) is 0 Å². The van der Waals surface area contributed by atoms with Crippen LogP contribution in [-0.4, -0.2) is 72.0 Å². The molecule has 0 radical (unpaired) electrons. The van der Waals surface area contributed by atoms with E-state index in [1.807, 2.05) is 30.3 Å². The third-order valence-corrected chi connectivity index (χ3v) is 4.39. The number of aromatic nitrogens is 1. The molecule has 3 rings (SSSR count). The first-order valence-electron chi connectivity index (χ1n) is 8.92. The van der Waals surface area contributed by atoms with Crippen molar-refractivity contribution in [3.05, 3.63) is 42.1 Å². The van der Waals surface area contributed by atoms with E-state index in [2.05, 4.69) is 10.3 Å². The number of fused-ring (bicyclic) bond motifs is 1. The molecule has 1 aromatic carbocycles. The normalized spacial score (nSPS) is 14.1. The Morgan fingerprint density at radius 1 is 1.04 bits per heavy atom. The number of pyridine rings is 1. The molecule has 1 saturated heterocycles. The van der Waals surface area contributed by atoms with E-state index in [4.69, 9.17) is 4.74 Å². The van der Waals surface area contributed by atoms with E-state index in [0.717, 1.165) is 10.9 Å². The van der Waals surface area contributed by atoms with Crippen molar-refractivity contribution in [3.63, 3.8) is 0 Å². The molecule has 2 aromatic rings. The maximum atomic E-state index is 12.3. The van der Waals surface area contributed by atoms with Crippen LogP contribution in [-0.2, 0) is 9.53 Å². The van der Waals surface area contributed by atoms with Gasteiger partial charge in [-0.2, -0.15) is 0 Å². The Morgan fingerprint density at radius 2 is 1.74 bits per heavy atom. The lowest BCUT2D eigenvalue weighted by Crippen LogP contribution is -2.52. The van der Waals surface area contributed by atoms with Crippen LogP contribution in [0.15, 0.2) is 36.4 Å². The van der Waals surface area contributed by atoms with Crippen molar-refractivity contribution in [1.29, 1.82) is 0 Å². The molecule has 142 valence electrons. The van der Waals surface area contributed by atoms with Crippen LogP contribution in [0.5, 0.6) is 0 Å². The number of rotatable bonds is 4. The summed E-state index contributed by atoms with van der Waals surface area (Å²) in [7, 11) is 0. The molecular formula is C19H22N4O4. The van der Waals surface area contributed by atoms with Crippen LogP contribution in [0, 0.1) is 0 Å². The molecular weight excluding hydrogens is 348 g/mol. The summed E-state index contributed by atoms with van der Waals surface area (Å²) in [5.74, 6) is -0.577. The molecule has 0 spiro atoms. The summed E-state index contributed by atoms with van der Waals surface area (Å²) in [5.41, 5.74) is 1.00. The Bertz CT molecular complexity index is 846. The second-order valence-electron chi connectivity index (χ2n) is 6.14. The highest BCUT2D eigenvalue weighted by molar-refractivity contribution is 5.96. The van der Waals surface area contributed by atoms with Gasteiger partial charge in [-0.15, -0.1) is 0 Å². The van der Waals surface area contributed by atoms with E-state index in [0.29, 0.717) is 32.8 Å². The Labute approximate surface area is 157 Å². The van der Waals surface area contributed by atoms with E-state index < -0.39 is 0 Å². The van der Waals surface area contributed by atoms with E-state index in [1.54, 1.807) is 22.8 Å². The Hall–Kier alpha value is -3.16. The van der Waals surface area contributed by atoms with Gasteiger partial charge >= 0.3 is 6.09 Å². The summed E-state index contributed by atoms with van der Waals surface area (Å²) >= 11 is 0. The van der Waals surface area contributed by atoms with Gasteiger partial charge in [-0.25, -0.2) is 9.78 Å². The highest BCUT2D eigenvalue weighted by Crippen LogP contribution is 2.11. The number of nitrogens with one attached hydrogen (secondary N) is 1. The highest BCUT2D eigenvalue weighted by Gasteiger charge is 2.25. The van der Waals surface area contributed by atoms with Gasteiger partial charge in [0.25, 0.3) is 5.91 Å². The zero-order valence-electron chi connectivity index (χ0n) is 15.2. The van der Waals surface area contributed by atoms with Gasteiger partial charge < -0.3 is 19.9 Å². The third-order valence-electron chi connectivity index (χ3n) is 4.39. The summed E-state index contributed by atoms with van der Waals surface area (Å²) in [6.07, 6.45) is -0.361. The molecule has 1 aromatic heterocycles. The fraction of sp³-hybridized carbons (Fsp3) is 0.368. The van der Waals surface area contributed by atoms with Crippen LogP contribution in [0.25, 0.3) is 10.9 Å². The predicted octanol–water partition coefficient (Wildman–Crippen LogP) is 1.27. The average molecular weight is 370 g/mol. The molecule has 27 heavy (non-hydrogen) atoms. The molecule has 0 unspecified atom stereocenters. The molecule has 0 saturated carbocycles. The molecule has 8 heteroatoms. The Kier molecular flexibility index (Phi) is 5.85. The summed E-state index contributed by atoms with van der Waals surface area (Å²) in [6, 6.07) is 11.0. The largest absolute Gasteiger partial charge is 0.450 e. The fourth-order valence-corrected chi connectivity index (χ4v) is 2.90. The van der Waals surface area contributed by atoms with Crippen molar-refractivity contribution in [2.24, 2.45) is 0 Å². The first kappa shape index (κ1) is 18.6. The van der Waals surface area contributed by atoms with Crippen LogP contribution in [0.4, 0.5) is 4.79 Å². The lowest BCUT2D eigenvalue weighted by molar-refractivity contribution is -0.131. The topological polar surface area (TPSA) is 91.8 Å². The first-order chi connectivity index (χ1) is 13.1. The number of hydrogen-bond acceptors (Lipinski definition) is 5. The van der Waals surface area contributed by atoms with Crippen molar-refractivity contribution in [2.75, 3.05) is 39.3 Å². The fourth-order valence-electron chi connectivity index (χ4n) is 2.90. The summed E-state index contributed by atoms with van der Waals surface area (Å²) in [4.78, 5) is 43.8. The Morgan fingerprint density at radius 3 is 2.48 bits per heavy atom. The predicted molar refractivity (Wildman–Crippen MR) is 99.3 cm³/mol. The van der Waals surface area contributed by atoms with Gasteiger partial charge in [-0.1, -0.05) is 24.3 Å². The maximum Gasteiger partial charge on any atom is 0.409 e. The number of nitrogens with zero attached hydrogens (tertiary/aromatic N) is 3. The van der Waals surface area contributed by atoms with E-state index in [1.165, 1.54) is 0 Å². The quantitative estimate of drug-likeness (QED) is 0.875. The minimum absolute atomic E-state index is 0.104. The van der Waals surface area contributed by atoms with Gasteiger partial charge in [0.05, 0.1) is 18.7 Å².